The molecule has 1 aliphatic rings. The first kappa shape index (κ1) is 21.5. The molecule has 0 spiro atoms. The van der Waals surface area contributed by atoms with E-state index >= 15 is 0 Å². The molecule has 3 atom stereocenters. The lowest BCUT2D eigenvalue weighted by molar-refractivity contribution is 0.309. The Labute approximate surface area is 153 Å². The first-order valence-corrected chi connectivity index (χ1v) is 10.6. The third kappa shape index (κ3) is 8.54. The van der Waals surface area contributed by atoms with Crippen LogP contribution >= 0.6 is 0 Å². The predicted molar refractivity (Wildman–Crippen MR) is 110 cm³/mol. The van der Waals surface area contributed by atoms with Crippen molar-refractivity contribution in [2.75, 3.05) is 0 Å². The van der Waals surface area contributed by atoms with Crippen LogP contribution in [0.2, 0.25) is 0 Å². The second-order valence-corrected chi connectivity index (χ2v) is 9.74. The smallest absolute Gasteiger partial charge is 0.0140 e. The number of hydrogen-bond donors (Lipinski definition) is 0. The van der Waals surface area contributed by atoms with E-state index in [1.807, 2.05) is 0 Å². The van der Waals surface area contributed by atoms with Crippen LogP contribution in [0.1, 0.15) is 106 Å². The molecular formula is C24H44. The quantitative estimate of drug-likeness (QED) is 0.309. The summed E-state index contributed by atoms with van der Waals surface area (Å²) in [5, 5.41) is 0. The van der Waals surface area contributed by atoms with Crippen LogP contribution in [0.15, 0.2) is 23.8 Å². The summed E-state index contributed by atoms with van der Waals surface area (Å²) in [6.07, 6.45) is 15.8. The van der Waals surface area contributed by atoms with Gasteiger partial charge in [-0.15, -0.1) is 0 Å². The first-order chi connectivity index (χ1) is 11.2. The monoisotopic (exact) mass is 332 g/mol. The van der Waals surface area contributed by atoms with Crippen molar-refractivity contribution in [2.45, 2.75) is 106 Å². The number of allylic oxidation sites excluding steroid dienone is 3. The summed E-state index contributed by atoms with van der Waals surface area (Å²) in [5.41, 5.74) is 3.54. The number of rotatable bonds is 8. The lowest BCUT2D eigenvalue weighted by Gasteiger charge is -2.30. The Morgan fingerprint density at radius 1 is 1.17 bits per heavy atom. The molecule has 0 N–H and O–H groups in total. The van der Waals surface area contributed by atoms with E-state index in [-0.39, 0.29) is 0 Å². The second-order valence-electron chi connectivity index (χ2n) is 9.74. The summed E-state index contributed by atoms with van der Waals surface area (Å²) in [7, 11) is 0. The molecule has 140 valence electrons. The Balaban J connectivity index is 2.79. The lowest BCUT2D eigenvalue weighted by atomic mass is 9.75. The fourth-order valence-electron chi connectivity index (χ4n) is 4.10. The van der Waals surface area contributed by atoms with Crippen LogP contribution in [0.25, 0.3) is 0 Å². The molecule has 1 rings (SSSR count). The van der Waals surface area contributed by atoms with E-state index in [2.05, 4.69) is 54.2 Å². The Morgan fingerprint density at radius 3 is 2.50 bits per heavy atom. The van der Waals surface area contributed by atoms with Crippen molar-refractivity contribution in [3.8, 4) is 0 Å². The largest absolute Gasteiger partial charge is 0.0996 e. The van der Waals surface area contributed by atoms with Crippen LogP contribution in [-0.2, 0) is 0 Å². The summed E-state index contributed by atoms with van der Waals surface area (Å²) >= 11 is 0. The summed E-state index contributed by atoms with van der Waals surface area (Å²) in [6.45, 7) is 18.7. The highest BCUT2D eigenvalue weighted by Gasteiger charge is 2.27. The molecule has 0 heteroatoms. The van der Waals surface area contributed by atoms with E-state index in [9.17, 15) is 0 Å². The van der Waals surface area contributed by atoms with Crippen molar-refractivity contribution in [1.29, 1.82) is 0 Å². The van der Waals surface area contributed by atoms with Gasteiger partial charge in [-0.25, -0.2) is 0 Å². The highest BCUT2D eigenvalue weighted by atomic mass is 14.3. The van der Waals surface area contributed by atoms with Crippen molar-refractivity contribution < 1.29 is 0 Å². The SMILES string of the molecule is C=C(CCC(C)(C)C)[C@@H](C/C(C)=C/CCC)C1CCC[C@@H](C)CC1. The maximum absolute atomic E-state index is 4.59. The molecule has 1 fully saturated rings. The zero-order valence-electron chi connectivity index (χ0n) is 17.6. The van der Waals surface area contributed by atoms with E-state index in [0.717, 1.165) is 11.8 Å². The molecule has 0 aromatic carbocycles. The topological polar surface area (TPSA) is 0 Å². The molecule has 0 radical (unpaired) electrons. The zero-order valence-corrected chi connectivity index (χ0v) is 17.6. The molecule has 1 aliphatic carbocycles. The minimum atomic E-state index is 0.415. The molecule has 24 heavy (non-hydrogen) atoms. The molecule has 0 aromatic rings. The van der Waals surface area contributed by atoms with E-state index < -0.39 is 0 Å². The molecular weight excluding hydrogens is 288 g/mol. The Bertz CT molecular complexity index is 393. The number of unbranched alkanes of at least 4 members (excludes halogenated alkanes) is 1. The average Bonchev–Trinajstić information content (AvgIpc) is 2.72. The molecule has 1 unspecified atom stereocenters. The summed E-state index contributed by atoms with van der Waals surface area (Å²) in [4.78, 5) is 0. The van der Waals surface area contributed by atoms with E-state index in [1.54, 1.807) is 5.57 Å². The van der Waals surface area contributed by atoms with Crippen LogP contribution in [0.4, 0.5) is 0 Å². The van der Waals surface area contributed by atoms with Crippen molar-refractivity contribution in [2.24, 2.45) is 23.2 Å². The fraction of sp³-hybridized carbons (Fsp3) is 0.833. The van der Waals surface area contributed by atoms with Crippen molar-refractivity contribution in [1.82, 2.24) is 0 Å². The van der Waals surface area contributed by atoms with Crippen LogP contribution in [0, 0.1) is 23.2 Å². The predicted octanol–water partition coefficient (Wildman–Crippen LogP) is 8.34. The Hall–Kier alpha value is -0.520. The molecule has 0 nitrogen and oxygen atoms in total. The van der Waals surface area contributed by atoms with Gasteiger partial charge in [0.25, 0.3) is 0 Å². The van der Waals surface area contributed by atoms with Crippen molar-refractivity contribution in [3.63, 3.8) is 0 Å². The summed E-state index contributed by atoms with van der Waals surface area (Å²) in [5.74, 6) is 2.51. The van der Waals surface area contributed by atoms with Gasteiger partial charge >= 0.3 is 0 Å². The van der Waals surface area contributed by atoms with Crippen LogP contribution in [-0.4, -0.2) is 0 Å². The standard InChI is InChI=1S/C24H44/c1-8-9-11-20(3)18-23(21(4)16-17-24(5,6)7)22-13-10-12-19(2)14-15-22/h11,19,22-23H,4,8-10,12-18H2,1-3,5-7H3/b20-11+/t19-,22?,23-/m1/s1. The Kier molecular flexibility index (Phi) is 9.39. The van der Waals surface area contributed by atoms with Gasteiger partial charge in [0, 0.05) is 0 Å². The molecule has 0 amide bonds. The van der Waals surface area contributed by atoms with Crippen LogP contribution in [0.3, 0.4) is 0 Å². The minimum absolute atomic E-state index is 0.415. The second kappa shape index (κ2) is 10.5. The van der Waals surface area contributed by atoms with Gasteiger partial charge in [-0.3, -0.25) is 0 Å². The highest BCUT2D eigenvalue weighted by molar-refractivity contribution is 5.11. The van der Waals surface area contributed by atoms with Crippen molar-refractivity contribution in [3.05, 3.63) is 23.8 Å². The van der Waals surface area contributed by atoms with Gasteiger partial charge in [-0.2, -0.15) is 0 Å². The van der Waals surface area contributed by atoms with E-state index in [1.165, 1.54) is 69.8 Å². The van der Waals surface area contributed by atoms with Gasteiger partial charge in [-0.05, 0) is 68.6 Å². The third-order valence-electron chi connectivity index (χ3n) is 5.91. The molecule has 0 saturated heterocycles. The maximum atomic E-state index is 4.59. The van der Waals surface area contributed by atoms with Gasteiger partial charge in [0.1, 0.15) is 0 Å². The Morgan fingerprint density at radius 2 is 1.88 bits per heavy atom. The van der Waals surface area contributed by atoms with Crippen LogP contribution < -0.4 is 0 Å². The lowest BCUT2D eigenvalue weighted by Crippen LogP contribution is -2.18. The molecule has 1 saturated carbocycles. The van der Waals surface area contributed by atoms with Gasteiger partial charge in [0.15, 0.2) is 0 Å². The molecule has 0 bridgehead atoms. The van der Waals surface area contributed by atoms with Gasteiger partial charge in [-0.1, -0.05) is 84.1 Å². The van der Waals surface area contributed by atoms with Crippen molar-refractivity contribution >= 4 is 0 Å². The summed E-state index contributed by atoms with van der Waals surface area (Å²) < 4.78 is 0. The van der Waals surface area contributed by atoms with Gasteiger partial charge in [0.2, 0.25) is 0 Å². The fourth-order valence-corrected chi connectivity index (χ4v) is 4.10. The van der Waals surface area contributed by atoms with Crippen LogP contribution in [0.5, 0.6) is 0 Å². The molecule has 0 aliphatic heterocycles. The van der Waals surface area contributed by atoms with Gasteiger partial charge in [0.05, 0.1) is 0 Å². The minimum Gasteiger partial charge on any atom is -0.0996 e. The average molecular weight is 333 g/mol. The maximum Gasteiger partial charge on any atom is -0.0140 e. The third-order valence-corrected chi connectivity index (χ3v) is 5.91. The highest BCUT2D eigenvalue weighted by Crippen LogP contribution is 2.40. The normalized spacial score (nSPS) is 24.5. The first-order valence-electron chi connectivity index (χ1n) is 10.6. The van der Waals surface area contributed by atoms with E-state index in [4.69, 9.17) is 0 Å². The summed E-state index contributed by atoms with van der Waals surface area (Å²) in [6, 6.07) is 0. The molecule has 0 aromatic heterocycles. The van der Waals surface area contributed by atoms with Gasteiger partial charge < -0.3 is 0 Å². The number of hydrogen-bond acceptors (Lipinski definition) is 0. The zero-order chi connectivity index (χ0) is 18.2. The molecule has 0 heterocycles. The van der Waals surface area contributed by atoms with E-state index in [0.29, 0.717) is 11.3 Å².